The van der Waals surface area contributed by atoms with E-state index in [1.807, 2.05) is 44.2 Å². The Morgan fingerprint density at radius 3 is 2.70 bits per heavy atom. The molecule has 0 spiro atoms. The molecule has 1 N–H and O–H groups in total. The topological polar surface area (TPSA) is 69.0 Å². The van der Waals surface area contributed by atoms with Crippen molar-refractivity contribution < 1.29 is 13.9 Å². The summed E-state index contributed by atoms with van der Waals surface area (Å²) in [5.74, 6) is -0.196. The van der Waals surface area contributed by atoms with E-state index in [2.05, 4.69) is 15.4 Å². The molecule has 2 aromatic heterocycles. The summed E-state index contributed by atoms with van der Waals surface area (Å²) in [4.78, 5) is 17.5. The minimum atomic E-state index is -0.291. The maximum absolute atomic E-state index is 13.5. The maximum Gasteiger partial charge on any atom is 0.256 e. The minimum absolute atomic E-state index is 0.275. The van der Waals surface area contributed by atoms with Gasteiger partial charge in [-0.15, -0.1) is 0 Å². The fourth-order valence-corrected chi connectivity index (χ4v) is 3.46. The van der Waals surface area contributed by atoms with Gasteiger partial charge in [0.25, 0.3) is 5.91 Å². The zero-order valence-electron chi connectivity index (χ0n) is 16.9. The third-order valence-corrected chi connectivity index (χ3v) is 4.99. The largest absolute Gasteiger partial charge is 0.481 e. The van der Waals surface area contributed by atoms with Crippen LogP contribution in [0, 0.1) is 19.7 Å². The van der Waals surface area contributed by atoms with E-state index in [0.717, 1.165) is 16.6 Å². The molecule has 0 aliphatic carbocycles. The molecule has 0 radical (unpaired) electrons. The van der Waals surface area contributed by atoms with Gasteiger partial charge in [-0.05, 0) is 37.6 Å². The van der Waals surface area contributed by atoms with Crippen molar-refractivity contribution in [2.75, 3.05) is 12.4 Å². The van der Waals surface area contributed by atoms with Crippen LogP contribution in [0.1, 0.15) is 27.3 Å². The van der Waals surface area contributed by atoms with Gasteiger partial charge in [0.1, 0.15) is 5.82 Å². The van der Waals surface area contributed by atoms with Crippen LogP contribution in [0.4, 0.5) is 10.1 Å². The molecule has 0 aliphatic rings. The van der Waals surface area contributed by atoms with Gasteiger partial charge in [-0.25, -0.2) is 9.37 Å². The Kier molecular flexibility index (Phi) is 5.18. The molecule has 2 heterocycles. The fraction of sp³-hybridized carbons (Fsp3) is 0.174. The number of benzene rings is 2. The van der Waals surface area contributed by atoms with Crippen molar-refractivity contribution in [1.82, 2.24) is 14.8 Å². The van der Waals surface area contributed by atoms with E-state index in [4.69, 9.17) is 4.74 Å². The summed E-state index contributed by atoms with van der Waals surface area (Å²) in [6, 6.07) is 15.4. The summed E-state index contributed by atoms with van der Waals surface area (Å²) in [7, 11) is 1.52. The maximum atomic E-state index is 13.5. The number of hydrogen-bond acceptors (Lipinski definition) is 4. The number of aromatic nitrogens is 3. The van der Waals surface area contributed by atoms with Crippen LogP contribution < -0.4 is 10.1 Å². The van der Waals surface area contributed by atoms with E-state index in [0.29, 0.717) is 34.9 Å². The Morgan fingerprint density at radius 1 is 1.13 bits per heavy atom. The number of halogens is 1. The lowest BCUT2D eigenvalue weighted by atomic mass is 10.1. The number of carbonyl (C=O) groups excluding carboxylic acids is 1. The molecule has 0 unspecified atom stereocenters. The first-order valence-electron chi connectivity index (χ1n) is 9.50. The number of nitrogens with zero attached hydrogens (tertiary/aromatic N) is 3. The number of aryl methyl sites for hydroxylation is 1. The SMILES string of the molecule is COc1cc(C(=O)Nc2c(C)nn(Cc3cccc(F)c3)c2C)c2ccccc2n1. The molecule has 2 aromatic carbocycles. The number of methoxy groups -OCH3 is 1. The van der Waals surface area contributed by atoms with Gasteiger partial charge in [0.2, 0.25) is 5.88 Å². The lowest BCUT2D eigenvalue weighted by Gasteiger charge is -2.10. The van der Waals surface area contributed by atoms with Gasteiger partial charge < -0.3 is 10.1 Å². The Labute approximate surface area is 173 Å². The lowest BCUT2D eigenvalue weighted by Crippen LogP contribution is -2.14. The lowest BCUT2D eigenvalue weighted by molar-refractivity contribution is 0.102. The highest BCUT2D eigenvalue weighted by molar-refractivity contribution is 6.13. The first-order chi connectivity index (χ1) is 14.5. The van der Waals surface area contributed by atoms with E-state index >= 15 is 0 Å². The number of pyridine rings is 1. The third-order valence-electron chi connectivity index (χ3n) is 4.99. The van der Waals surface area contributed by atoms with Gasteiger partial charge in [-0.1, -0.05) is 30.3 Å². The molecule has 0 bridgehead atoms. The van der Waals surface area contributed by atoms with E-state index in [1.165, 1.54) is 19.2 Å². The second-order valence-electron chi connectivity index (χ2n) is 7.02. The highest BCUT2D eigenvalue weighted by Crippen LogP contribution is 2.25. The molecule has 7 heteroatoms. The number of nitrogens with one attached hydrogen (secondary N) is 1. The number of para-hydroxylation sites is 1. The number of rotatable bonds is 5. The summed E-state index contributed by atoms with van der Waals surface area (Å²) >= 11 is 0. The number of fused-ring (bicyclic) bond motifs is 1. The first-order valence-corrected chi connectivity index (χ1v) is 9.50. The van der Waals surface area contributed by atoms with Crippen LogP contribution >= 0.6 is 0 Å². The van der Waals surface area contributed by atoms with Crippen molar-refractivity contribution in [2.24, 2.45) is 0 Å². The van der Waals surface area contributed by atoms with Crippen molar-refractivity contribution >= 4 is 22.5 Å². The Bertz CT molecular complexity index is 1250. The zero-order chi connectivity index (χ0) is 21.3. The van der Waals surface area contributed by atoms with Crippen LogP contribution in [0.3, 0.4) is 0 Å². The molecule has 4 rings (SSSR count). The van der Waals surface area contributed by atoms with Gasteiger partial charge in [0, 0.05) is 11.5 Å². The standard InChI is InChI=1S/C23H21FN4O2/c1-14-22(15(2)28(27-14)13-16-7-6-8-17(24)11-16)26-23(29)19-12-21(30-3)25-20-10-5-4-9-18(19)20/h4-12H,13H2,1-3H3,(H,26,29). The number of anilines is 1. The second-order valence-corrected chi connectivity index (χ2v) is 7.02. The normalized spacial score (nSPS) is 10.9. The van der Waals surface area contributed by atoms with Gasteiger partial charge in [-0.3, -0.25) is 9.48 Å². The van der Waals surface area contributed by atoms with Crippen LogP contribution in [-0.2, 0) is 6.54 Å². The molecule has 0 fully saturated rings. The minimum Gasteiger partial charge on any atom is -0.481 e. The van der Waals surface area contributed by atoms with Crippen LogP contribution in [0.5, 0.6) is 5.88 Å². The molecule has 30 heavy (non-hydrogen) atoms. The average molecular weight is 404 g/mol. The highest BCUT2D eigenvalue weighted by atomic mass is 19.1. The monoisotopic (exact) mass is 404 g/mol. The van der Waals surface area contributed by atoms with E-state index in [1.54, 1.807) is 16.8 Å². The molecule has 0 aliphatic heterocycles. The Morgan fingerprint density at radius 2 is 1.93 bits per heavy atom. The van der Waals surface area contributed by atoms with Crippen molar-refractivity contribution in [2.45, 2.75) is 20.4 Å². The van der Waals surface area contributed by atoms with Crippen LogP contribution in [0.15, 0.2) is 54.6 Å². The van der Waals surface area contributed by atoms with Crippen molar-refractivity contribution in [3.05, 3.63) is 82.9 Å². The Hall–Kier alpha value is -3.74. The van der Waals surface area contributed by atoms with Crippen LogP contribution in [0.2, 0.25) is 0 Å². The average Bonchev–Trinajstić information content (AvgIpc) is 3.00. The fourth-order valence-electron chi connectivity index (χ4n) is 3.46. The summed E-state index contributed by atoms with van der Waals surface area (Å²) < 4.78 is 20.5. The molecule has 4 aromatic rings. The first kappa shape index (κ1) is 19.6. The second kappa shape index (κ2) is 7.94. The van der Waals surface area contributed by atoms with E-state index in [-0.39, 0.29) is 11.7 Å². The molecule has 6 nitrogen and oxygen atoms in total. The van der Waals surface area contributed by atoms with Crippen molar-refractivity contribution in [3.8, 4) is 5.88 Å². The van der Waals surface area contributed by atoms with Gasteiger partial charge in [0.05, 0.1) is 41.8 Å². The number of carbonyl (C=O) groups is 1. The van der Waals surface area contributed by atoms with Crippen LogP contribution in [-0.4, -0.2) is 27.8 Å². The van der Waals surface area contributed by atoms with Gasteiger partial charge >= 0.3 is 0 Å². The van der Waals surface area contributed by atoms with Crippen LogP contribution in [0.25, 0.3) is 10.9 Å². The summed E-state index contributed by atoms with van der Waals surface area (Å²) in [6.07, 6.45) is 0. The predicted octanol–water partition coefficient (Wildman–Crippen LogP) is 4.50. The molecular formula is C23H21FN4O2. The zero-order valence-corrected chi connectivity index (χ0v) is 16.9. The molecule has 0 saturated heterocycles. The summed E-state index contributed by atoms with van der Waals surface area (Å²) in [6.45, 7) is 4.11. The van der Waals surface area contributed by atoms with Crippen molar-refractivity contribution in [1.29, 1.82) is 0 Å². The molecular weight excluding hydrogens is 383 g/mol. The third kappa shape index (κ3) is 3.74. The molecule has 0 saturated carbocycles. The predicted molar refractivity (Wildman–Crippen MR) is 113 cm³/mol. The van der Waals surface area contributed by atoms with Crippen molar-refractivity contribution in [3.63, 3.8) is 0 Å². The van der Waals surface area contributed by atoms with Gasteiger partial charge in [0.15, 0.2) is 0 Å². The molecule has 0 atom stereocenters. The highest BCUT2D eigenvalue weighted by Gasteiger charge is 2.18. The van der Waals surface area contributed by atoms with E-state index < -0.39 is 0 Å². The van der Waals surface area contributed by atoms with Gasteiger partial charge in [-0.2, -0.15) is 5.10 Å². The molecule has 1 amide bonds. The Balaban J connectivity index is 1.66. The number of ether oxygens (including phenoxy) is 1. The number of hydrogen-bond donors (Lipinski definition) is 1. The quantitative estimate of drug-likeness (QED) is 0.532. The smallest absolute Gasteiger partial charge is 0.256 e. The summed E-state index contributed by atoms with van der Waals surface area (Å²) in [5.41, 5.74) is 4.05. The molecule has 152 valence electrons. The number of amides is 1. The summed E-state index contributed by atoms with van der Waals surface area (Å²) in [5, 5.41) is 8.23. The van der Waals surface area contributed by atoms with E-state index in [9.17, 15) is 9.18 Å².